The highest BCUT2D eigenvalue weighted by molar-refractivity contribution is 5.31. The Kier molecular flexibility index (Phi) is 11.3. The van der Waals surface area contributed by atoms with Crippen LogP contribution in [0.1, 0.15) is 77.0 Å². The van der Waals surface area contributed by atoms with Gasteiger partial charge in [0.15, 0.2) is 0 Å². The molecule has 0 unspecified atom stereocenters. The fourth-order valence-corrected chi connectivity index (χ4v) is 3.37. The molecule has 1 aromatic heterocycles. The first-order valence-corrected chi connectivity index (χ1v) is 9.95. The Morgan fingerprint density at radius 2 is 1.36 bits per heavy atom. The highest BCUT2D eigenvalue weighted by Gasteiger charge is 2.13. The first kappa shape index (κ1) is 21.8. The zero-order valence-electron chi connectivity index (χ0n) is 16.1. The minimum atomic E-state index is 0. The average Bonchev–Trinajstić information content (AvgIpc) is 2.98. The van der Waals surface area contributed by atoms with Crippen LogP contribution in [0.3, 0.4) is 0 Å². The number of unbranched alkanes of at least 4 members (excludes halogenated alkanes) is 9. The first-order chi connectivity index (χ1) is 11.8. The Bertz CT molecular complexity index is 563. The van der Waals surface area contributed by atoms with Crippen molar-refractivity contribution < 1.29 is 17.0 Å². The summed E-state index contributed by atoms with van der Waals surface area (Å²) >= 11 is 0. The van der Waals surface area contributed by atoms with Gasteiger partial charge in [-0.3, -0.25) is 0 Å². The number of hydrogen-bond acceptors (Lipinski definition) is 0. The summed E-state index contributed by atoms with van der Waals surface area (Å²) in [7, 11) is 0. The number of halogens is 1. The molecular formula is C22H35ClN2. The molecule has 0 saturated heterocycles. The van der Waals surface area contributed by atoms with E-state index in [1.54, 1.807) is 0 Å². The summed E-state index contributed by atoms with van der Waals surface area (Å²) in [6.07, 6.45) is 18.4. The highest BCUT2D eigenvalue weighted by Crippen LogP contribution is 2.11. The molecule has 0 aliphatic heterocycles. The third-order valence-electron chi connectivity index (χ3n) is 4.95. The lowest BCUT2D eigenvalue weighted by Crippen LogP contribution is -3.00. The summed E-state index contributed by atoms with van der Waals surface area (Å²) in [5.41, 5.74) is 1.25. The van der Waals surface area contributed by atoms with Gasteiger partial charge in [-0.25, -0.2) is 9.13 Å². The van der Waals surface area contributed by atoms with E-state index in [9.17, 15) is 0 Å². The fraction of sp³-hybridized carbons (Fsp3) is 0.591. The molecule has 0 atom stereocenters. The minimum absolute atomic E-state index is 0. The van der Waals surface area contributed by atoms with Gasteiger partial charge < -0.3 is 12.4 Å². The molecule has 2 aromatic rings. The molecule has 0 fully saturated rings. The lowest BCUT2D eigenvalue weighted by molar-refractivity contribution is -0.702. The predicted octanol–water partition coefficient (Wildman–Crippen LogP) is 3.00. The normalized spacial score (nSPS) is 10.6. The van der Waals surface area contributed by atoms with E-state index < -0.39 is 0 Å². The summed E-state index contributed by atoms with van der Waals surface area (Å²) in [5.74, 6) is 1.32. The summed E-state index contributed by atoms with van der Waals surface area (Å²) in [6, 6.07) is 10.6. The Balaban J connectivity index is 0.00000312. The number of aryl methyl sites for hydroxylation is 1. The molecule has 0 aliphatic carbocycles. The van der Waals surface area contributed by atoms with Gasteiger partial charge in [0, 0.05) is 6.92 Å². The van der Waals surface area contributed by atoms with Crippen molar-refractivity contribution in [2.45, 2.75) is 84.6 Å². The van der Waals surface area contributed by atoms with Crippen LogP contribution in [0, 0.1) is 6.92 Å². The van der Waals surface area contributed by atoms with E-state index in [-0.39, 0.29) is 12.4 Å². The van der Waals surface area contributed by atoms with Gasteiger partial charge in [-0.05, 0) is 25.0 Å². The summed E-state index contributed by atoms with van der Waals surface area (Å²) in [5, 5.41) is 0. The third-order valence-corrected chi connectivity index (χ3v) is 4.95. The van der Waals surface area contributed by atoms with Crippen LogP contribution in [0.5, 0.6) is 0 Å². The largest absolute Gasteiger partial charge is 1.00 e. The van der Waals surface area contributed by atoms with Crippen LogP contribution in [-0.4, -0.2) is 4.57 Å². The maximum atomic E-state index is 2.39. The van der Waals surface area contributed by atoms with Gasteiger partial charge in [0.1, 0.15) is 18.1 Å². The molecule has 2 nitrogen and oxygen atoms in total. The number of rotatable bonds is 12. The Morgan fingerprint density at radius 1 is 0.800 bits per heavy atom. The second kappa shape index (κ2) is 13.0. The molecule has 0 saturated carbocycles. The van der Waals surface area contributed by atoms with Gasteiger partial charge >= 0.3 is 0 Å². The van der Waals surface area contributed by atoms with E-state index in [4.69, 9.17) is 0 Å². The average molecular weight is 363 g/mol. The molecular weight excluding hydrogens is 328 g/mol. The summed E-state index contributed by atoms with van der Waals surface area (Å²) in [6.45, 7) is 5.64. The van der Waals surface area contributed by atoms with E-state index in [1.165, 1.54) is 75.7 Å². The van der Waals surface area contributed by atoms with Gasteiger partial charge in [0.2, 0.25) is 0 Å². The van der Waals surface area contributed by atoms with Crippen molar-refractivity contribution in [3.8, 4) is 5.69 Å². The van der Waals surface area contributed by atoms with Crippen LogP contribution in [-0.2, 0) is 6.54 Å². The lowest BCUT2D eigenvalue weighted by Gasteiger charge is -2.03. The number of para-hydroxylation sites is 1. The maximum Gasteiger partial charge on any atom is 0.258 e. The van der Waals surface area contributed by atoms with Crippen molar-refractivity contribution in [2.75, 3.05) is 0 Å². The number of nitrogens with zero attached hydrogens (tertiary/aromatic N) is 2. The number of hydrogen-bond donors (Lipinski definition) is 0. The first-order valence-electron chi connectivity index (χ1n) is 9.95. The Morgan fingerprint density at radius 3 is 1.96 bits per heavy atom. The van der Waals surface area contributed by atoms with Gasteiger partial charge in [-0.1, -0.05) is 76.5 Å². The highest BCUT2D eigenvalue weighted by atomic mass is 35.5. The van der Waals surface area contributed by atoms with Gasteiger partial charge in [0.25, 0.3) is 5.82 Å². The molecule has 1 heterocycles. The SMILES string of the molecule is CCCCCCCCCCCC[n+]1ccn(-c2ccccc2)c1C.[Cl-]. The Labute approximate surface area is 160 Å². The summed E-state index contributed by atoms with van der Waals surface area (Å²) in [4.78, 5) is 0. The molecule has 1 aromatic carbocycles. The van der Waals surface area contributed by atoms with E-state index in [0.717, 1.165) is 6.54 Å². The molecule has 0 spiro atoms. The van der Waals surface area contributed by atoms with Gasteiger partial charge in [0.05, 0.1) is 6.54 Å². The molecule has 0 amide bonds. The third kappa shape index (κ3) is 7.64. The number of aromatic nitrogens is 2. The standard InChI is InChI=1S/C22H35N2.ClH/c1-3-4-5-6-7-8-9-10-11-15-18-23-19-20-24(21(23)2)22-16-13-12-14-17-22;/h12-14,16-17,19-20H,3-11,15,18H2,1-2H3;1H/q+1;/p-1. The van der Waals surface area contributed by atoms with Crippen LogP contribution >= 0.6 is 0 Å². The molecule has 140 valence electrons. The predicted molar refractivity (Wildman–Crippen MR) is 103 cm³/mol. The zero-order valence-corrected chi connectivity index (χ0v) is 16.8. The second-order valence-electron chi connectivity index (χ2n) is 6.93. The van der Waals surface area contributed by atoms with E-state index in [0.29, 0.717) is 0 Å². The van der Waals surface area contributed by atoms with Crippen LogP contribution < -0.4 is 17.0 Å². The van der Waals surface area contributed by atoms with Crippen molar-refractivity contribution in [3.63, 3.8) is 0 Å². The smallest absolute Gasteiger partial charge is 0.258 e. The van der Waals surface area contributed by atoms with E-state index >= 15 is 0 Å². The van der Waals surface area contributed by atoms with Gasteiger partial charge in [-0.15, -0.1) is 0 Å². The van der Waals surface area contributed by atoms with Crippen LogP contribution in [0.2, 0.25) is 0 Å². The van der Waals surface area contributed by atoms with E-state index in [1.807, 2.05) is 0 Å². The molecule has 25 heavy (non-hydrogen) atoms. The van der Waals surface area contributed by atoms with Crippen molar-refractivity contribution in [2.24, 2.45) is 0 Å². The monoisotopic (exact) mass is 362 g/mol. The van der Waals surface area contributed by atoms with Crippen molar-refractivity contribution in [1.82, 2.24) is 4.57 Å². The maximum absolute atomic E-state index is 2.39. The van der Waals surface area contributed by atoms with Crippen LogP contribution in [0.25, 0.3) is 5.69 Å². The molecule has 0 bridgehead atoms. The summed E-state index contributed by atoms with van der Waals surface area (Å²) < 4.78 is 4.66. The molecule has 3 heteroatoms. The molecule has 2 rings (SSSR count). The molecule has 0 radical (unpaired) electrons. The minimum Gasteiger partial charge on any atom is -1.00 e. The molecule has 0 N–H and O–H groups in total. The molecule has 0 aliphatic rings. The second-order valence-corrected chi connectivity index (χ2v) is 6.93. The number of imidazole rings is 1. The van der Waals surface area contributed by atoms with E-state index in [2.05, 4.69) is 65.7 Å². The van der Waals surface area contributed by atoms with Crippen molar-refractivity contribution in [3.05, 3.63) is 48.5 Å². The number of benzene rings is 1. The fourth-order valence-electron chi connectivity index (χ4n) is 3.37. The Hall–Kier alpha value is -1.28. The topological polar surface area (TPSA) is 8.81 Å². The van der Waals surface area contributed by atoms with Crippen molar-refractivity contribution in [1.29, 1.82) is 0 Å². The lowest BCUT2D eigenvalue weighted by atomic mass is 10.1. The van der Waals surface area contributed by atoms with Crippen molar-refractivity contribution >= 4 is 0 Å². The quantitative estimate of drug-likeness (QED) is 0.405. The zero-order chi connectivity index (χ0) is 17.0. The van der Waals surface area contributed by atoms with Crippen LogP contribution in [0.4, 0.5) is 0 Å². The van der Waals surface area contributed by atoms with Crippen LogP contribution in [0.15, 0.2) is 42.7 Å². The van der Waals surface area contributed by atoms with Gasteiger partial charge in [-0.2, -0.15) is 0 Å².